The number of nitrogens with zero attached hydrogens (tertiary/aromatic N) is 2. The van der Waals surface area contributed by atoms with Gasteiger partial charge in [-0.25, -0.2) is 4.79 Å². The standard InChI is InChI=1S/C22H28IN3O2/c1-22(2,3)28-21(27)25-16-11-15(14-6-7-14)12-26(13-16)19-9-8-18(23)20-17(19)5-4-10-24-20/h4-5,8-10,14-16H,6-7,11-13H2,1-3H3,(H,25,27)/t15-,16+/m1/s1. The Morgan fingerprint density at radius 1 is 1.21 bits per heavy atom. The van der Waals surface area contributed by atoms with Crippen molar-refractivity contribution in [1.82, 2.24) is 10.3 Å². The van der Waals surface area contributed by atoms with Crippen LogP contribution in [0.2, 0.25) is 0 Å². The lowest BCUT2D eigenvalue weighted by atomic mass is 9.89. The minimum atomic E-state index is -0.480. The number of halogens is 1. The van der Waals surface area contributed by atoms with Crippen LogP contribution in [0.15, 0.2) is 30.5 Å². The maximum Gasteiger partial charge on any atom is 0.407 e. The van der Waals surface area contributed by atoms with Crippen LogP contribution >= 0.6 is 22.6 Å². The highest BCUT2D eigenvalue weighted by atomic mass is 127. The number of rotatable bonds is 3. The van der Waals surface area contributed by atoms with Gasteiger partial charge < -0.3 is 15.0 Å². The zero-order valence-corrected chi connectivity index (χ0v) is 18.9. The monoisotopic (exact) mass is 493 g/mol. The Kier molecular flexibility index (Phi) is 5.42. The first kappa shape index (κ1) is 19.7. The normalized spacial score (nSPS) is 22.9. The lowest BCUT2D eigenvalue weighted by molar-refractivity contribution is 0.0492. The molecule has 2 heterocycles. The van der Waals surface area contributed by atoms with Gasteiger partial charge in [0.15, 0.2) is 0 Å². The van der Waals surface area contributed by atoms with Gasteiger partial charge in [0.2, 0.25) is 0 Å². The molecular weight excluding hydrogens is 465 g/mol. The number of alkyl carbamates (subject to hydrolysis) is 1. The van der Waals surface area contributed by atoms with Crippen molar-refractivity contribution in [1.29, 1.82) is 0 Å². The molecule has 5 nitrogen and oxygen atoms in total. The van der Waals surface area contributed by atoms with E-state index in [1.807, 2.05) is 33.0 Å². The molecule has 0 spiro atoms. The van der Waals surface area contributed by atoms with Crippen molar-refractivity contribution in [2.24, 2.45) is 11.8 Å². The van der Waals surface area contributed by atoms with Gasteiger partial charge in [0, 0.05) is 33.9 Å². The summed E-state index contributed by atoms with van der Waals surface area (Å²) in [4.78, 5) is 19.4. The van der Waals surface area contributed by atoms with E-state index in [4.69, 9.17) is 4.74 Å². The Bertz CT molecular complexity index is 876. The molecule has 0 bridgehead atoms. The van der Waals surface area contributed by atoms with Crippen LogP contribution in [0.25, 0.3) is 10.9 Å². The predicted octanol–water partition coefficient (Wildman–Crippen LogP) is 4.97. The van der Waals surface area contributed by atoms with Crippen LogP contribution in [0.5, 0.6) is 0 Å². The summed E-state index contributed by atoms with van der Waals surface area (Å²) >= 11 is 2.35. The highest BCUT2D eigenvalue weighted by molar-refractivity contribution is 14.1. The van der Waals surface area contributed by atoms with Crippen LogP contribution in [-0.2, 0) is 4.74 Å². The summed E-state index contributed by atoms with van der Waals surface area (Å²) in [6.45, 7) is 7.54. The van der Waals surface area contributed by atoms with E-state index in [9.17, 15) is 4.79 Å². The number of hydrogen-bond donors (Lipinski definition) is 1. The maximum atomic E-state index is 12.4. The third-order valence-electron chi connectivity index (χ3n) is 5.53. The summed E-state index contributed by atoms with van der Waals surface area (Å²) < 4.78 is 6.66. The Morgan fingerprint density at radius 2 is 2.00 bits per heavy atom. The molecule has 1 N–H and O–H groups in total. The van der Waals surface area contributed by atoms with Crippen molar-refractivity contribution >= 4 is 45.3 Å². The number of carbonyl (C=O) groups excluding carboxylic acids is 1. The Hall–Kier alpha value is -1.57. The predicted molar refractivity (Wildman–Crippen MR) is 121 cm³/mol. The Balaban J connectivity index is 1.58. The number of amides is 1. The van der Waals surface area contributed by atoms with E-state index in [0.717, 1.165) is 34.5 Å². The largest absolute Gasteiger partial charge is 0.444 e. The smallest absolute Gasteiger partial charge is 0.407 e. The lowest BCUT2D eigenvalue weighted by Gasteiger charge is -2.40. The first-order valence-electron chi connectivity index (χ1n) is 10.1. The van der Waals surface area contributed by atoms with E-state index in [0.29, 0.717) is 5.92 Å². The lowest BCUT2D eigenvalue weighted by Crippen LogP contribution is -2.52. The van der Waals surface area contributed by atoms with Crippen LogP contribution in [0, 0.1) is 15.4 Å². The van der Waals surface area contributed by atoms with Crippen LogP contribution in [0.4, 0.5) is 10.5 Å². The van der Waals surface area contributed by atoms with Crippen molar-refractivity contribution < 1.29 is 9.53 Å². The topological polar surface area (TPSA) is 54.5 Å². The first-order valence-corrected chi connectivity index (χ1v) is 11.2. The molecule has 2 fully saturated rings. The minimum absolute atomic E-state index is 0.0974. The number of anilines is 1. The number of fused-ring (bicyclic) bond motifs is 1. The average Bonchev–Trinajstić information content (AvgIpc) is 3.45. The zero-order chi connectivity index (χ0) is 19.9. The molecule has 1 saturated carbocycles. The second-order valence-electron chi connectivity index (χ2n) is 9.05. The number of aromatic nitrogens is 1. The second kappa shape index (κ2) is 7.69. The molecule has 2 atom stereocenters. The Labute approximate surface area is 180 Å². The minimum Gasteiger partial charge on any atom is -0.444 e. The van der Waals surface area contributed by atoms with E-state index in [-0.39, 0.29) is 12.1 Å². The summed E-state index contributed by atoms with van der Waals surface area (Å²) in [6.07, 6.45) is 5.19. The van der Waals surface area contributed by atoms with E-state index in [1.54, 1.807) is 0 Å². The van der Waals surface area contributed by atoms with Crippen LogP contribution in [0.3, 0.4) is 0 Å². The SMILES string of the molecule is CC(C)(C)OC(=O)N[C@H]1C[C@@H](C2CC2)CN(c2ccc(I)c3ncccc23)C1. The number of hydrogen-bond acceptors (Lipinski definition) is 4. The third kappa shape index (κ3) is 4.53. The third-order valence-corrected chi connectivity index (χ3v) is 6.40. The van der Waals surface area contributed by atoms with Crippen molar-refractivity contribution in [3.8, 4) is 0 Å². The zero-order valence-electron chi connectivity index (χ0n) is 16.7. The second-order valence-corrected chi connectivity index (χ2v) is 10.2. The van der Waals surface area contributed by atoms with Gasteiger partial charge in [-0.2, -0.15) is 0 Å². The molecule has 150 valence electrons. The molecule has 1 amide bonds. The fourth-order valence-corrected chi connectivity index (χ4v) is 4.83. The molecule has 0 unspecified atom stereocenters. The summed E-state index contributed by atoms with van der Waals surface area (Å²) in [5.74, 6) is 1.40. The van der Waals surface area contributed by atoms with Gasteiger partial charge in [-0.05, 0) is 98.7 Å². The van der Waals surface area contributed by atoms with Gasteiger partial charge in [-0.1, -0.05) is 0 Å². The number of nitrogens with one attached hydrogen (secondary N) is 1. The van der Waals surface area contributed by atoms with Crippen molar-refractivity contribution in [2.75, 3.05) is 18.0 Å². The maximum absolute atomic E-state index is 12.4. The fraction of sp³-hybridized carbons (Fsp3) is 0.545. The molecule has 4 rings (SSSR count). The van der Waals surface area contributed by atoms with Gasteiger partial charge in [-0.3, -0.25) is 4.98 Å². The molecule has 0 radical (unpaired) electrons. The van der Waals surface area contributed by atoms with Gasteiger partial charge in [-0.15, -0.1) is 0 Å². The van der Waals surface area contributed by atoms with Crippen LogP contribution in [0.1, 0.15) is 40.0 Å². The summed E-state index contributed by atoms with van der Waals surface area (Å²) in [5, 5.41) is 4.31. The number of carbonyl (C=O) groups is 1. The van der Waals surface area contributed by atoms with E-state index in [1.165, 1.54) is 23.9 Å². The molecule has 2 aliphatic rings. The number of benzene rings is 1. The van der Waals surface area contributed by atoms with Gasteiger partial charge >= 0.3 is 6.09 Å². The molecule has 28 heavy (non-hydrogen) atoms. The van der Waals surface area contributed by atoms with Crippen molar-refractivity contribution in [3.05, 3.63) is 34.0 Å². The molecule has 2 aromatic rings. The van der Waals surface area contributed by atoms with Crippen LogP contribution in [-0.4, -0.2) is 35.8 Å². The molecule has 1 saturated heterocycles. The number of ether oxygens (including phenoxy) is 1. The highest BCUT2D eigenvalue weighted by Crippen LogP contribution is 2.42. The van der Waals surface area contributed by atoms with Gasteiger partial charge in [0.1, 0.15) is 5.60 Å². The van der Waals surface area contributed by atoms with Gasteiger partial charge in [0.25, 0.3) is 0 Å². The average molecular weight is 493 g/mol. The van der Waals surface area contributed by atoms with Crippen molar-refractivity contribution in [3.63, 3.8) is 0 Å². The molecule has 6 heteroatoms. The Morgan fingerprint density at radius 3 is 2.71 bits per heavy atom. The number of piperidine rings is 1. The van der Waals surface area contributed by atoms with Gasteiger partial charge in [0.05, 0.1) is 11.6 Å². The molecule has 1 aromatic carbocycles. The summed E-state index contributed by atoms with van der Waals surface area (Å²) in [6, 6.07) is 8.59. The van der Waals surface area contributed by atoms with E-state index in [2.05, 4.69) is 56.0 Å². The summed E-state index contributed by atoms with van der Waals surface area (Å²) in [7, 11) is 0. The van der Waals surface area contributed by atoms with Crippen molar-refractivity contribution in [2.45, 2.75) is 51.7 Å². The molecule has 1 aliphatic carbocycles. The quantitative estimate of drug-likeness (QED) is 0.614. The summed E-state index contributed by atoms with van der Waals surface area (Å²) in [5.41, 5.74) is 1.78. The highest BCUT2D eigenvalue weighted by Gasteiger charge is 2.38. The van der Waals surface area contributed by atoms with Crippen LogP contribution < -0.4 is 10.2 Å². The number of pyridine rings is 1. The molecule has 1 aromatic heterocycles. The first-order chi connectivity index (χ1) is 13.3. The molecule has 1 aliphatic heterocycles. The van der Waals surface area contributed by atoms with E-state index >= 15 is 0 Å². The van der Waals surface area contributed by atoms with E-state index < -0.39 is 5.60 Å². The fourth-order valence-electron chi connectivity index (χ4n) is 4.22. The molecular formula is C22H28IN3O2.